The molecule has 0 unspecified atom stereocenters. The first-order valence-electron chi connectivity index (χ1n) is 6.93. The first kappa shape index (κ1) is 16.5. The molecule has 0 saturated heterocycles. The number of benzene rings is 1. The zero-order chi connectivity index (χ0) is 15.1. The largest absolute Gasteiger partial charge is 0.478 e. The summed E-state index contributed by atoms with van der Waals surface area (Å²) < 4.78 is 0. The highest BCUT2D eigenvalue weighted by atomic mass is 16.4. The topological polar surface area (TPSA) is 69.8 Å². The number of carbonyl (C=O) groups is 1. The maximum absolute atomic E-state index is 11.3. The third kappa shape index (κ3) is 4.83. The maximum atomic E-state index is 11.3. The number of rotatable bonds is 8. The zero-order valence-corrected chi connectivity index (χ0v) is 12.6. The lowest BCUT2D eigenvalue weighted by molar-refractivity contribution is 0.0695. The standard InChI is InChI=1S/C15H25N3O2/c1-4-8-18(10-9-17(2)3)11-12-6-5-7-13(16)14(12)15(19)20/h5-7H,4,8-11,16H2,1-3H3,(H,19,20). The van der Waals surface area contributed by atoms with Gasteiger partial charge in [0.05, 0.1) is 5.56 Å². The van der Waals surface area contributed by atoms with Crippen molar-refractivity contribution < 1.29 is 9.90 Å². The van der Waals surface area contributed by atoms with Crippen molar-refractivity contribution >= 4 is 11.7 Å². The first-order valence-corrected chi connectivity index (χ1v) is 6.93. The Morgan fingerprint density at radius 1 is 1.25 bits per heavy atom. The van der Waals surface area contributed by atoms with E-state index in [4.69, 9.17) is 5.73 Å². The monoisotopic (exact) mass is 279 g/mol. The SMILES string of the molecule is CCCN(CCN(C)C)Cc1cccc(N)c1C(=O)O. The van der Waals surface area contributed by atoms with Gasteiger partial charge < -0.3 is 15.7 Å². The van der Waals surface area contributed by atoms with E-state index in [0.717, 1.165) is 31.6 Å². The second-order valence-electron chi connectivity index (χ2n) is 5.27. The van der Waals surface area contributed by atoms with Crippen molar-refractivity contribution in [3.63, 3.8) is 0 Å². The summed E-state index contributed by atoms with van der Waals surface area (Å²) in [5.41, 5.74) is 7.14. The third-order valence-electron chi connectivity index (χ3n) is 3.19. The van der Waals surface area contributed by atoms with Crippen molar-refractivity contribution in [3.05, 3.63) is 29.3 Å². The molecule has 0 aliphatic rings. The van der Waals surface area contributed by atoms with Crippen LogP contribution in [0.4, 0.5) is 5.69 Å². The van der Waals surface area contributed by atoms with Gasteiger partial charge in [-0.25, -0.2) is 4.79 Å². The fourth-order valence-corrected chi connectivity index (χ4v) is 2.18. The van der Waals surface area contributed by atoms with E-state index in [1.165, 1.54) is 0 Å². The number of nitrogens with zero attached hydrogens (tertiary/aromatic N) is 2. The fourth-order valence-electron chi connectivity index (χ4n) is 2.18. The Morgan fingerprint density at radius 3 is 2.50 bits per heavy atom. The normalized spacial score (nSPS) is 11.2. The highest BCUT2D eigenvalue weighted by molar-refractivity contribution is 5.95. The van der Waals surface area contributed by atoms with Gasteiger partial charge >= 0.3 is 5.97 Å². The molecule has 3 N–H and O–H groups in total. The number of likely N-dealkylation sites (N-methyl/N-ethyl adjacent to an activating group) is 1. The van der Waals surface area contributed by atoms with Crippen molar-refractivity contribution in [3.8, 4) is 0 Å². The van der Waals surface area contributed by atoms with Crippen LogP contribution in [0.3, 0.4) is 0 Å². The van der Waals surface area contributed by atoms with Gasteiger partial charge in [0.25, 0.3) is 0 Å². The molecule has 1 rings (SSSR count). The number of aromatic carboxylic acids is 1. The van der Waals surface area contributed by atoms with Crippen LogP contribution in [0.25, 0.3) is 0 Å². The predicted molar refractivity (Wildman–Crippen MR) is 81.9 cm³/mol. The Bertz CT molecular complexity index is 447. The first-order chi connectivity index (χ1) is 9.45. The molecule has 5 heteroatoms. The number of hydrogen-bond acceptors (Lipinski definition) is 4. The minimum Gasteiger partial charge on any atom is -0.478 e. The van der Waals surface area contributed by atoms with Crippen LogP contribution in [0.2, 0.25) is 0 Å². The Balaban J connectivity index is 2.87. The molecule has 0 spiro atoms. The number of nitrogens with two attached hydrogens (primary N) is 1. The summed E-state index contributed by atoms with van der Waals surface area (Å²) in [7, 11) is 4.07. The number of carboxylic acids is 1. The molecule has 0 atom stereocenters. The average Bonchev–Trinajstić information content (AvgIpc) is 2.35. The minimum atomic E-state index is -0.956. The number of nitrogen functional groups attached to an aromatic ring is 1. The number of hydrogen-bond donors (Lipinski definition) is 2. The van der Waals surface area contributed by atoms with Gasteiger partial charge in [-0.2, -0.15) is 0 Å². The van der Waals surface area contributed by atoms with Crippen molar-refractivity contribution in [1.29, 1.82) is 0 Å². The molecular formula is C15H25N3O2. The van der Waals surface area contributed by atoms with Crippen LogP contribution in [0, 0.1) is 0 Å². The molecule has 112 valence electrons. The van der Waals surface area contributed by atoms with Gasteiger partial charge in [-0.1, -0.05) is 19.1 Å². The van der Waals surface area contributed by atoms with Crippen LogP contribution < -0.4 is 5.73 Å². The van der Waals surface area contributed by atoms with Gasteiger partial charge in [0, 0.05) is 25.3 Å². The second kappa shape index (κ2) is 7.87. The quantitative estimate of drug-likeness (QED) is 0.709. The van der Waals surface area contributed by atoms with Crippen molar-refractivity contribution in [2.45, 2.75) is 19.9 Å². The Labute approximate surface area is 121 Å². The summed E-state index contributed by atoms with van der Waals surface area (Å²) in [6.45, 7) is 5.55. The fraction of sp³-hybridized carbons (Fsp3) is 0.533. The Hall–Kier alpha value is -1.59. The lowest BCUT2D eigenvalue weighted by Gasteiger charge is -2.24. The van der Waals surface area contributed by atoms with Crippen LogP contribution in [0.5, 0.6) is 0 Å². The molecular weight excluding hydrogens is 254 g/mol. The Morgan fingerprint density at radius 2 is 1.95 bits per heavy atom. The molecule has 0 heterocycles. The molecule has 0 radical (unpaired) electrons. The van der Waals surface area contributed by atoms with Crippen molar-refractivity contribution in [2.75, 3.05) is 39.5 Å². The third-order valence-corrected chi connectivity index (χ3v) is 3.19. The van der Waals surface area contributed by atoms with E-state index in [1.807, 2.05) is 26.2 Å². The van der Waals surface area contributed by atoms with E-state index in [9.17, 15) is 9.90 Å². The summed E-state index contributed by atoms with van der Waals surface area (Å²) in [5.74, 6) is -0.956. The van der Waals surface area contributed by atoms with Crippen LogP contribution >= 0.6 is 0 Å². The van der Waals surface area contributed by atoms with E-state index in [0.29, 0.717) is 12.2 Å². The van der Waals surface area contributed by atoms with Gasteiger partial charge in [-0.15, -0.1) is 0 Å². The summed E-state index contributed by atoms with van der Waals surface area (Å²) in [6.07, 6.45) is 1.04. The van der Waals surface area contributed by atoms with Gasteiger partial charge in [0.15, 0.2) is 0 Å². The number of anilines is 1. The summed E-state index contributed by atoms with van der Waals surface area (Å²) in [5, 5.41) is 9.30. The minimum absolute atomic E-state index is 0.235. The van der Waals surface area contributed by atoms with Crippen LogP contribution in [0.1, 0.15) is 29.3 Å². The molecule has 1 aromatic carbocycles. The van der Waals surface area contributed by atoms with Gasteiger partial charge in [-0.05, 0) is 38.7 Å². The molecule has 0 saturated carbocycles. The molecule has 0 bridgehead atoms. The van der Waals surface area contributed by atoms with E-state index >= 15 is 0 Å². The van der Waals surface area contributed by atoms with Gasteiger partial charge in [-0.3, -0.25) is 4.90 Å². The van der Waals surface area contributed by atoms with E-state index < -0.39 is 5.97 Å². The average molecular weight is 279 g/mol. The highest BCUT2D eigenvalue weighted by Gasteiger charge is 2.16. The van der Waals surface area contributed by atoms with E-state index in [2.05, 4.69) is 16.7 Å². The molecule has 0 amide bonds. The molecule has 20 heavy (non-hydrogen) atoms. The molecule has 0 aromatic heterocycles. The molecule has 5 nitrogen and oxygen atoms in total. The van der Waals surface area contributed by atoms with Gasteiger partial charge in [0.2, 0.25) is 0 Å². The maximum Gasteiger partial charge on any atom is 0.338 e. The summed E-state index contributed by atoms with van der Waals surface area (Å²) in [6, 6.07) is 5.29. The lowest BCUT2D eigenvalue weighted by atomic mass is 10.0. The van der Waals surface area contributed by atoms with Crippen molar-refractivity contribution in [2.24, 2.45) is 0 Å². The van der Waals surface area contributed by atoms with E-state index in [-0.39, 0.29) is 5.56 Å². The van der Waals surface area contributed by atoms with Crippen LogP contribution in [-0.2, 0) is 6.54 Å². The molecule has 0 aliphatic carbocycles. The van der Waals surface area contributed by atoms with Gasteiger partial charge in [0.1, 0.15) is 0 Å². The van der Waals surface area contributed by atoms with Crippen LogP contribution in [0.15, 0.2) is 18.2 Å². The second-order valence-corrected chi connectivity index (χ2v) is 5.27. The van der Waals surface area contributed by atoms with Crippen molar-refractivity contribution in [1.82, 2.24) is 9.80 Å². The molecule has 1 aromatic rings. The Kier molecular flexibility index (Phi) is 6.48. The molecule has 0 fully saturated rings. The summed E-state index contributed by atoms with van der Waals surface area (Å²) >= 11 is 0. The molecule has 0 aliphatic heterocycles. The smallest absolute Gasteiger partial charge is 0.338 e. The predicted octanol–water partition coefficient (Wildman–Crippen LogP) is 1.74. The highest BCUT2D eigenvalue weighted by Crippen LogP contribution is 2.19. The summed E-state index contributed by atoms with van der Waals surface area (Å²) in [4.78, 5) is 15.7. The lowest BCUT2D eigenvalue weighted by Crippen LogP contribution is -2.32. The zero-order valence-electron chi connectivity index (χ0n) is 12.6. The van der Waals surface area contributed by atoms with E-state index in [1.54, 1.807) is 6.07 Å². The van der Waals surface area contributed by atoms with Crippen LogP contribution in [-0.4, -0.2) is 54.6 Å². The number of carboxylic acid groups (broad SMARTS) is 1.